The molecule has 2 aromatic rings. The molecule has 0 bridgehead atoms. The number of hydrazine groups is 1. The zero-order valence-electron chi connectivity index (χ0n) is 16.5. The Labute approximate surface area is 168 Å². The van der Waals surface area contributed by atoms with Gasteiger partial charge in [-0.15, -0.1) is 0 Å². The summed E-state index contributed by atoms with van der Waals surface area (Å²) in [6, 6.07) is 11.4. The van der Waals surface area contributed by atoms with Crippen LogP contribution in [-0.4, -0.2) is 38.1 Å². The number of nitrogens with one attached hydrogen (secondary N) is 4. The van der Waals surface area contributed by atoms with E-state index in [0.717, 1.165) is 5.56 Å². The number of ether oxygens (including phenoxy) is 2. The molecule has 0 saturated carbocycles. The first-order chi connectivity index (χ1) is 13.9. The van der Waals surface area contributed by atoms with Crippen LogP contribution in [0.2, 0.25) is 0 Å². The van der Waals surface area contributed by atoms with Gasteiger partial charge in [0.25, 0.3) is 11.8 Å². The molecule has 0 atom stereocenters. The highest BCUT2D eigenvalue weighted by Crippen LogP contribution is 2.27. The van der Waals surface area contributed by atoms with E-state index in [1.807, 2.05) is 26.0 Å². The molecule has 0 aliphatic rings. The van der Waals surface area contributed by atoms with E-state index in [1.54, 1.807) is 24.3 Å². The number of hydrogen-bond acceptors (Lipinski definition) is 5. The summed E-state index contributed by atoms with van der Waals surface area (Å²) in [6.45, 7) is 3.89. The SMILES string of the molecule is CCOc1ccc(C(=O)NNC(=O)CNC(=O)Nc2cccc(C)c2)cc1OC. The summed E-state index contributed by atoms with van der Waals surface area (Å²) in [5, 5.41) is 5.02. The van der Waals surface area contributed by atoms with Gasteiger partial charge in [0.05, 0.1) is 13.7 Å². The minimum absolute atomic E-state index is 0.274. The fourth-order valence-electron chi connectivity index (χ4n) is 2.39. The lowest BCUT2D eigenvalue weighted by atomic mass is 10.2. The third kappa shape index (κ3) is 6.73. The number of methoxy groups -OCH3 is 1. The molecule has 0 unspecified atom stereocenters. The smallest absolute Gasteiger partial charge is 0.319 e. The molecule has 2 aromatic carbocycles. The normalized spacial score (nSPS) is 9.90. The van der Waals surface area contributed by atoms with Gasteiger partial charge in [-0.2, -0.15) is 0 Å². The first-order valence-electron chi connectivity index (χ1n) is 8.94. The number of hydrogen-bond donors (Lipinski definition) is 4. The predicted octanol–water partition coefficient (Wildman–Crippen LogP) is 1.99. The number of carbonyl (C=O) groups excluding carboxylic acids is 3. The molecule has 0 spiro atoms. The quantitative estimate of drug-likeness (QED) is 0.530. The maximum absolute atomic E-state index is 12.2. The summed E-state index contributed by atoms with van der Waals surface area (Å²) in [6.07, 6.45) is 0. The Balaban J connectivity index is 1.79. The van der Waals surface area contributed by atoms with E-state index in [-0.39, 0.29) is 12.1 Å². The second-order valence-corrected chi connectivity index (χ2v) is 5.98. The van der Waals surface area contributed by atoms with Crippen LogP contribution in [0.25, 0.3) is 0 Å². The van der Waals surface area contributed by atoms with Crippen molar-refractivity contribution < 1.29 is 23.9 Å². The van der Waals surface area contributed by atoms with Crippen LogP contribution in [0.3, 0.4) is 0 Å². The number of benzene rings is 2. The van der Waals surface area contributed by atoms with Crippen molar-refractivity contribution in [1.82, 2.24) is 16.2 Å². The van der Waals surface area contributed by atoms with Gasteiger partial charge in [-0.1, -0.05) is 12.1 Å². The highest BCUT2D eigenvalue weighted by Gasteiger charge is 2.12. The molecule has 4 amide bonds. The zero-order chi connectivity index (χ0) is 21.2. The second-order valence-electron chi connectivity index (χ2n) is 5.98. The third-order valence-corrected chi connectivity index (χ3v) is 3.73. The molecule has 154 valence electrons. The van der Waals surface area contributed by atoms with E-state index in [9.17, 15) is 14.4 Å². The monoisotopic (exact) mass is 400 g/mol. The zero-order valence-corrected chi connectivity index (χ0v) is 16.5. The molecule has 0 aromatic heterocycles. The van der Waals surface area contributed by atoms with Crippen LogP contribution in [0.5, 0.6) is 11.5 Å². The Morgan fingerprint density at radius 3 is 2.48 bits per heavy atom. The maximum atomic E-state index is 12.2. The van der Waals surface area contributed by atoms with Gasteiger partial charge in [0.2, 0.25) is 0 Å². The fourth-order valence-corrected chi connectivity index (χ4v) is 2.39. The number of anilines is 1. The van der Waals surface area contributed by atoms with Crippen molar-refractivity contribution in [2.75, 3.05) is 25.6 Å². The van der Waals surface area contributed by atoms with Gasteiger partial charge in [-0.05, 0) is 49.7 Å². The molecule has 9 nitrogen and oxygen atoms in total. The molecule has 0 aliphatic carbocycles. The van der Waals surface area contributed by atoms with Gasteiger partial charge in [0, 0.05) is 11.3 Å². The molecule has 0 heterocycles. The minimum atomic E-state index is -0.587. The molecule has 4 N–H and O–H groups in total. The van der Waals surface area contributed by atoms with Gasteiger partial charge in [0.1, 0.15) is 6.54 Å². The molecule has 0 fully saturated rings. The molecular weight excluding hydrogens is 376 g/mol. The van der Waals surface area contributed by atoms with Gasteiger partial charge in [-0.25, -0.2) is 4.79 Å². The second kappa shape index (κ2) is 10.5. The Morgan fingerprint density at radius 1 is 1.00 bits per heavy atom. The lowest BCUT2D eigenvalue weighted by molar-refractivity contribution is -0.120. The van der Waals surface area contributed by atoms with E-state index in [1.165, 1.54) is 13.2 Å². The average Bonchev–Trinajstić information content (AvgIpc) is 2.71. The van der Waals surface area contributed by atoms with Gasteiger partial charge in [0.15, 0.2) is 11.5 Å². The summed E-state index contributed by atoms with van der Waals surface area (Å²) in [5.41, 5.74) is 6.39. The Bertz CT molecular complexity index is 885. The minimum Gasteiger partial charge on any atom is -0.493 e. The fraction of sp³-hybridized carbons (Fsp3) is 0.250. The van der Waals surface area contributed by atoms with E-state index >= 15 is 0 Å². The summed E-state index contributed by atoms with van der Waals surface area (Å²) in [5.74, 6) is -0.209. The maximum Gasteiger partial charge on any atom is 0.319 e. The van der Waals surface area contributed by atoms with E-state index in [4.69, 9.17) is 9.47 Å². The van der Waals surface area contributed by atoms with Gasteiger partial charge >= 0.3 is 6.03 Å². The first kappa shape index (κ1) is 21.5. The Morgan fingerprint density at radius 2 is 1.79 bits per heavy atom. The lowest BCUT2D eigenvalue weighted by Crippen LogP contribution is -2.47. The summed E-state index contributed by atoms with van der Waals surface area (Å²) in [7, 11) is 1.47. The molecular formula is C20H24N4O5. The van der Waals surface area contributed by atoms with Crippen LogP contribution >= 0.6 is 0 Å². The predicted molar refractivity (Wildman–Crippen MR) is 108 cm³/mol. The number of aryl methyl sites for hydroxylation is 1. The van der Waals surface area contributed by atoms with Crippen LogP contribution in [0.4, 0.5) is 10.5 Å². The van der Waals surface area contributed by atoms with Crippen molar-refractivity contribution in [3.05, 3.63) is 53.6 Å². The molecule has 0 radical (unpaired) electrons. The summed E-state index contributed by atoms with van der Waals surface area (Å²) >= 11 is 0. The number of urea groups is 1. The van der Waals surface area contributed by atoms with Gasteiger partial charge in [-0.3, -0.25) is 20.4 Å². The van der Waals surface area contributed by atoms with Crippen molar-refractivity contribution in [2.24, 2.45) is 0 Å². The molecule has 2 rings (SSSR count). The highest BCUT2D eigenvalue weighted by molar-refractivity contribution is 5.97. The Hall–Kier alpha value is -3.75. The highest BCUT2D eigenvalue weighted by atomic mass is 16.5. The summed E-state index contributed by atoms with van der Waals surface area (Å²) < 4.78 is 10.6. The molecule has 0 saturated heterocycles. The Kier molecular flexibility index (Phi) is 7.84. The molecule has 0 aliphatic heterocycles. The van der Waals surface area contributed by atoms with E-state index < -0.39 is 17.8 Å². The lowest BCUT2D eigenvalue weighted by Gasteiger charge is -2.12. The van der Waals surface area contributed by atoms with Crippen molar-refractivity contribution in [1.29, 1.82) is 0 Å². The van der Waals surface area contributed by atoms with Crippen molar-refractivity contribution in [3.63, 3.8) is 0 Å². The number of rotatable bonds is 7. The van der Waals surface area contributed by atoms with E-state index in [0.29, 0.717) is 23.8 Å². The summed E-state index contributed by atoms with van der Waals surface area (Å²) in [4.78, 5) is 35.8. The van der Waals surface area contributed by atoms with Crippen LogP contribution in [0, 0.1) is 6.92 Å². The van der Waals surface area contributed by atoms with Crippen molar-refractivity contribution in [3.8, 4) is 11.5 Å². The third-order valence-electron chi connectivity index (χ3n) is 3.73. The van der Waals surface area contributed by atoms with Crippen LogP contribution in [-0.2, 0) is 4.79 Å². The van der Waals surface area contributed by atoms with E-state index in [2.05, 4.69) is 21.5 Å². The van der Waals surface area contributed by atoms with Crippen LogP contribution in [0.1, 0.15) is 22.8 Å². The topological polar surface area (TPSA) is 118 Å². The average molecular weight is 400 g/mol. The van der Waals surface area contributed by atoms with Crippen LogP contribution < -0.4 is 31.0 Å². The van der Waals surface area contributed by atoms with Crippen LogP contribution in [0.15, 0.2) is 42.5 Å². The van der Waals surface area contributed by atoms with Crippen molar-refractivity contribution in [2.45, 2.75) is 13.8 Å². The van der Waals surface area contributed by atoms with Gasteiger partial charge < -0.3 is 20.1 Å². The standard InChI is InChI=1S/C20H24N4O5/c1-4-29-16-9-8-14(11-17(16)28-3)19(26)24-23-18(25)12-21-20(27)22-15-7-5-6-13(2)10-15/h5-11H,4,12H2,1-3H3,(H,23,25)(H,24,26)(H2,21,22,27). The number of carbonyl (C=O) groups is 3. The first-order valence-corrected chi connectivity index (χ1v) is 8.94. The number of amides is 4. The molecule has 29 heavy (non-hydrogen) atoms. The molecule has 9 heteroatoms. The largest absolute Gasteiger partial charge is 0.493 e. The van der Waals surface area contributed by atoms with Crippen molar-refractivity contribution >= 4 is 23.5 Å².